The molecule has 1 aromatic heterocycles. The molecule has 1 aromatic carbocycles. The number of fused-ring (bicyclic) bond motifs is 3. The molecule has 1 unspecified atom stereocenters. The van der Waals surface area contributed by atoms with Crippen LogP contribution in [0.15, 0.2) is 21.3 Å². The lowest BCUT2D eigenvalue weighted by Gasteiger charge is -2.22. The maximum absolute atomic E-state index is 12.3. The van der Waals surface area contributed by atoms with Crippen LogP contribution in [-0.2, 0) is 6.42 Å². The van der Waals surface area contributed by atoms with Crippen molar-refractivity contribution in [2.45, 2.75) is 52.1 Å². The Morgan fingerprint density at radius 3 is 2.86 bits per heavy atom. The largest absolute Gasteiger partial charge is 0.489 e. The molecule has 0 amide bonds. The summed E-state index contributed by atoms with van der Waals surface area (Å²) >= 11 is 6.32. The molecule has 112 valence electrons. The molecule has 1 atom stereocenters. The highest BCUT2D eigenvalue weighted by molar-refractivity contribution is 6.32. The molecular weight excluding hydrogens is 288 g/mol. The van der Waals surface area contributed by atoms with Crippen molar-refractivity contribution in [2.24, 2.45) is 0 Å². The molecule has 21 heavy (non-hydrogen) atoms. The highest BCUT2D eigenvalue weighted by atomic mass is 35.5. The second kappa shape index (κ2) is 5.38. The zero-order chi connectivity index (χ0) is 15.1. The van der Waals surface area contributed by atoms with E-state index in [-0.39, 0.29) is 17.6 Å². The maximum Gasteiger partial charge on any atom is 0.340 e. The van der Waals surface area contributed by atoms with Crippen molar-refractivity contribution in [2.75, 3.05) is 0 Å². The van der Waals surface area contributed by atoms with Gasteiger partial charge in [0.25, 0.3) is 0 Å². The van der Waals surface area contributed by atoms with Gasteiger partial charge >= 0.3 is 5.63 Å². The first kappa shape index (κ1) is 14.5. The highest BCUT2D eigenvalue weighted by Crippen LogP contribution is 2.37. The Bertz CT molecular complexity index is 746. The fourth-order valence-corrected chi connectivity index (χ4v) is 3.33. The lowest BCUT2D eigenvalue weighted by Crippen LogP contribution is -2.19. The van der Waals surface area contributed by atoms with Gasteiger partial charge in [-0.05, 0) is 50.7 Å². The summed E-state index contributed by atoms with van der Waals surface area (Å²) in [7, 11) is 0. The van der Waals surface area contributed by atoms with Gasteiger partial charge in [-0.2, -0.15) is 0 Å². The Morgan fingerprint density at radius 1 is 1.38 bits per heavy atom. The molecule has 1 aliphatic rings. The Kier molecular flexibility index (Phi) is 3.70. The topological polar surface area (TPSA) is 39.4 Å². The second-order valence-electron chi connectivity index (χ2n) is 6.02. The Balaban J connectivity index is 2.26. The molecule has 2 aromatic rings. The number of halogens is 1. The second-order valence-corrected chi connectivity index (χ2v) is 6.43. The van der Waals surface area contributed by atoms with Crippen LogP contribution in [0.1, 0.15) is 50.7 Å². The standard InChI is InChI=1S/C17H19ClO3/c1-9(2)20-15-8-14-12(7-13(15)18)11-6-4-5-10(3)16(11)17(19)21-14/h7-10H,4-6H2,1-3H3. The SMILES string of the molecule is CC(C)Oc1cc2oc(=O)c3c(c2cc1Cl)CCCC3C. The average Bonchev–Trinajstić information content (AvgIpc) is 2.40. The summed E-state index contributed by atoms with van der Waals surface area (Å²) in [6, 6.07) is 3.60. The van der Waals surface area contributed by atoms with Gasteiger partial charge in [0.2, 0.25) is 0 Å². The van der Waals surface area contributed by atoms with Crippen LogP contribution in [0.2, 0.25) is 5.02 Å². The molecule has 0 spiro atoms. The number of ether oxygens (including phenoxy) is 1. The van der Waals surface area contributed by atoms with Crippen LogP contribution >= 0.6 is 11.6 Å². The van der Waals surface area contributed by atoms with E-state index in [1.807, 2.05) is 19.9 Å². The summed E-state index contributed by atoms with van der Waals surface area (Å²) in [4.78, 5) is 12.3. The third-order valence-corrected chi connectivity index (χ3v) is 4.32. The van der Waals surface area contributed by atoms with Crippen molar-refractivity contribution in [3.63, 3.8) is 0 Å². The monoisotopic (exact) mass is 306 g/mol. The molecular formula is C17H19ClO3. The van der Waals surface area contributed by atoms with Crippen LogP contribution in [0.4, 0.5) is 0 Å². The van der Waals surface area contributed by atoms with E-state index >= 15 is 0 Å². The van der Waals surface area contributed by atoms with Gasteiger partial charge in [-0.1, -0.05) is 18.5 Å². The number of rotatable bonds is 2. The van der Waals surface area contributed by atoms with Crippen molar-refractivity contribution in [1.29, 1.82) is 0 Å². The van der Waals surface area contributed by atoms with Crippen LogP contribution in [0.5, 0.6) is 5.75 Å². The van der Waals surface area contributed by atoms with Crippen LogP contribution in [-0.4, -0.2) is 6.10 Å². The molecule has 1 aliphatic carbocycles. The summed E-state index contributed by atoms with van der Waals surface area (Å²) in [5, 5.41) is 1.50. The van der Waals surface area contributed by atoms with E-state index < -0.39 is 0 Å². The fraction of sp³-hybridized carbons (Fsp3) is 0.471. The molecule has 4 heteroatoms. The minimum absolute atomic E-state index is 0.0179. The zero-order valence-electron chi connectivity index (χ0n) is 12.5. The molecule has 0 radical (unpaired) electrons. The van der Waals surface area contributed by atoms with Gasteiger partial charge < -0.3 is 9.15 Å². The first-order chi connectivity index (χ1) is 9.97. The van der Waals surface area contributed by atoms with E-state index in [1.165, 1.54) is 0 Å². The summed E-state index contributed by atoms with van der Waals surface area (Å²) in [5.74, 6) is 0.811. The minimum atomic E-state index is -0.220. The van der Waals surface area contributed by atoms with Crippen LogP contribution < -0.4 is 10.4 Å². The third kappa shape index (κ3) is 2.55. The number of hydrogen-bond donors (Lipinski definition) is 0. The van der Waals surface area contributed by atoms with Gasteiger partial charge in [-0.25, -0.2) is 4.79 Å². The molecule has 0 saturated carbocycles. The number of benzene rings is 1. The van der Waals surface area contributed by atoms with E-state index in [1.54, 1.807) is 6.07 Å². The van der Waals surface area contributed by atoms with E-state index in [0.29, 0.717) is 16.4 Å². The summed E-state index contributed by atoms with van der Waals surface area (Å²) in [6.07, 6.45) is 3.05. The van der Waals surface area contributed by atoms with Crippen LogP contribution in [0, 0.1) is 0 Å². The molecule has 0 fully saturated rings. The van der Waals surface area contributed by atoms with Crippen LogP contribution in [0.25, 0.3) is 11.0 Å². The maximum atomic E-state index is 12.3. The predicted molar refractivity (Wildman–Crippen MR) is 84.6 cm³/mol. The van der Waals surface area contributed by atoms with Gasteiger partial charge in [0.1, 0.15) is 11.3 Å². The predicted octanol–water partition coefficient (Wildman–Crippen LogP) is 4.67. The molecule has 1 heterocycles. The van der Waals surface area contributed by atoms with Gasteiger partial charge in [-0.3, -0.25) is 0 Å². The van der Waals surface area contributed by atoms with Gasteiger partial charge in [0.15, 0.2) is 0 Å². The Hall–Kier alpha value is -1.48. The molecule has 0 saturated heterocycles. The molecule has 3 rings (SSSR count). The van der Waals surface area contributed by atoms with Gasteiger partial charge in [0.05, 0.1) is 11.1 Å². The van der Waals surface area contributed by atoms with Crippen LogP contribution in [0.3, 0.4) is 0 Å². The normalized spacial score (nSPS) is 18.0. The number of aryl methyl sites for hydroxylation is 1. The lowest BCUT2D eigenvalue weighted by molar-refractivity contribution is 0.242. The van der Waals surface area contributed by atoms with E-state index in [9.17, 15) is 4.79 Å². The molecule has 0 N–H and O–H groups in total. The first-order valence-corrected chi connectivity index (χ1v) is 7.81. The van der Waals surface area contributed by atoms with Crippen molar-refractivity contribution < 1.29 is 9.15 Å². The minimum Gasteiger partial charge on any atom is -0.489 e. The quantitative estimate of drug-likeness (QED) is 0.757. The summed E-state index contributed by atoms with van der Waals surface area (Å²) < 4.78 is 11.2. The molecule has 0 aliphatic heterocycles. The van der Waals surface area contributed by atoms with Crippen molar-refractivity contribution in [3.05, 3.63) is 38.7 Å². The van der Waals surface area contributed by atoms with E-state index in [2.05, 4.69) is 6.92 Å². The van der Waals surface area contributed by atoms with Crippen molar-refractivity contribution in [3.8, 4) is 5.75 Å². The number of hydrogen-bond acceptors (Lipinski definition) is 3. The average molecular weight is 307 g/mol. The third-order valence-electron chi connectivity index (χ3n) is 4.03. The van der Waals surface area contributed by atoms with Gasteiger partial charge in [0, 0.05) is 17.0 Å². The van der Waals surface area contributed by atoms with E-state index in [4.69, 9.17) is 20.8 Å². The Morgan fingerprint density at radius 2 is 2.14 bits per heavy atom. The fourth-order valence-electron chi connectivity index (χ4n) is 3.12. The summed E-state index contributed by atoms with van der Waals surface area (Å²) in [6.45, 7) is 5.95. The molecule has 3 nitrogen and oxygen atoms in total. The lowest BCUT2D eigenvalue weighted by atomic mass is 9.83. The highest BCUT2D eigenvalue weighted by Gasteiger charge is 2.24. The smallest absolute Gasteiger partial charge is 0.340 e. The Labute approximate surface area is 128 Å². The summed E-state index contributed by atoms with van der Waals surface area (Å²) in [5.41, 5.74) is 2.26. The zero-order valence-corrected chi connectivity index (χ0v) is 13.3. The van der Waals surface area contributed by atoms with Crippen molar-refractivity contribution in [1.82, 2.24) is 0 Å². The van der Waals surface area contributed by atoms with Gasteiger partial charge in [-0.15, -0.1) is 0 Å². The molecule has 0 bridgehead atoms. The van der Waals surface area contributed by atoms with E-state index in [0.717, 1.165) is 35.8 Å². The van der Waals surface area contributed by atoms with Crippen molar-refractivity contribution >= 4 is 22.6 Å². The first-order valence-electron chi connectivity index (χ1n) is 7.43.